The van der Waals surface area contributed by atoms with Crippen molar-refractivity contribution in [3.05, 3.63) is 105 Å². The van der Waals surface area contributed by atoms with Gasteiger partial charge < -0.3 is 47.4 Å². The Morgan fingerprint density at radius 1 is 0.778 bits per heavy atom. The van der Waals surface area contributed by atoms with Crippen LogP contribution in [0.4, 0.5) is 0 Å². The molecule has 0 N–H and O–H groups in total. The lowest BCUT2D eigenvalue weighted by atomic mass is 9.95. The van der Waals surface area contributed by atoms with Crippen LogP contribution in [0.2, 0.25) is 0 Å². The molecule has 0 saturated carbocycles. The second-order valence-electron chi connectivity index (χ2n) is 14.5. The van der Waals surface area contributed by atoms with Crippen molar-refractivity contribution in [2.75, 3.05) is 19.5 Å². The first-order valence-electron chi connectivity index (χ1n) is 18.4. The van der Waals surface area contributed by atoms with E-state index >= 15 is 0 Å². The van der Waals surface area contributed by atoms with Gasteiger partial charge in [0.1, 0.15) is 42.7 Å². The van der Waals surface area contributed by atoms with E-state index in [1.165, 1.54) is 17.3 Å². The number of thioether (sulfide) groups is 1. The summed E-state index contributed by atoms with van der Waals surface area (Å²) in [4.78, 5) is 13.8. The van der Waals surface area contributed by atoms with Crippen LogP contribution in [0.3, 0.4) is 0 Å². The molecule has 11 nitrogen and oxygen atoms in total. The summed E-state index contributed by atoms with van der Waals surface area (Å²) in [5, 5.41) is -0.221. The lowest BCUT2D eigenvalue weighted by Crippen LogP contribution is -2.68. The highest BCUT2D eigenvalue weighted by molar-refractivity contribution is 14.1. The number of fused-ring (bicyclic) bond motifs is 2. The standard InChI is InChI=1S/C41H49IO11S/c1-25-31(34-36(37(44-5)48-25)52-40(2,3)51-34)50-38-35(46-23-27-16-10-7-11-17-27)33(45-22-26-14-8-6-9-15-26)32-30(49-38)24-47-41(4,53-32)39(43)54-21-20-28-18-12-13-19-29(28)42/h6-19,25,30-38H,20-24H2,1-5H3/t25-,30+,31-,32+,33-,34+,35-,36+,37+,38-,41-/m0/s1. The molecule has 0 aliphatic carbocycles. The van der Waals surface area contributed by atoms with Crippen molar-refractivity contribution >= 4 is 39.5 Å². The molecule has 4 saturated heterocycles. The van der Waals surface area contributed by atoms with E-state index in [9.17, 15) is 4.79 Å². The van der Waals surface area contributed by atoms with Gasteiger partial charge in [0.15, 0.2) is 18.4 Å². The van der Waals surface area contributed by atoms with E-state index in [-0.39, 0.29) is 24.9 Å². The molecule has 13 heteroatoms. The lowest BCUT2D eigenvalue weighted by molar-refractivity contribution is -0.396. The molecule has 3 aromatic carbocycles. The fourth-order valence-electron chi connectivity index (χ4n) is 7.34. The van der Waals surface area contributed by atoms with Gasteiger partial charge in [0.2, 0.25) is 10.9 Å². The lowest BCUT2D eigenvalue weighted by Gasteiger charge is -2.52. The van der Waals surface area contributed by atoms with Crippen molar-refractivity contribution in [1.82, 2.24) is 0 Å². The van der Waals surface area contributed by atoms with Crippen molar-refractivity contribution in [1.29, 1.82) is 0 Å². The van der Waals surface area contributed by atoms with Crippen LogP contribution in [0, 0.1) is 3.57 Å². The largest absolute Gasteiger partial charge is 0.368 e. The van der Waals surface area contributed by atoms with Gasteiger partial charge in [0.05, 0.1) is 25.9 Å². The van der Waals surface area contributed by atoms with Crippen molar-refractivity contribution in [3.8, 4) is 0 Å². The van der Waals surface area contributed by atoms with Gasteiger partial charge in [-0.25, -0.2) is 0 Å². The summed E-state index contributed by atoms with van der Waals surface area (Å²) in [5.41, 5.74) is 3.12. The molecule has 11 atom stereocenters. The van der Waals surface area contributed by atoms with E-state index in [1.807, 2.05) is 93.6 Å². The maximum Gasteiger partial charge on any atom is 0.248 e. The average molecular weight is 877 g/mol. The second-order valence-corrected chi connectivity index (χ2v) is 16.7. The number of hydrogen-bond donors (Lipinski definition) is 0. The highest BCUT2D eigenvalue weighted by atomic mass is 127. The number of carbonyl (C=O) groups is 1. The number of halogens is 1. The summed E-state index contributed by atoms with van der Waals surface area (Å²) in [6, 6.07) is 27.9. The van der Waals surface area contributed by atoms with Crippen LogP contribution >= 0.6 is 34.4 Å². The van der Waals surface area contributed by atoms with Crippen molar-refractivity contribution in [2.24, 2.45) is 0 Å². The van der Waals surface area contributed by atoms with Crippen molar-refractivity contribution in [2.45, 2.75) is 120 Å². The molecule has 0 bridgehead atoms. The molecule has 4 heterocycles. The average Bonchev–Trinajstić information content (AvgIpc) is 3.50. The molecule has 4 fully saturated rings. The third kappa shape index (κ3) is 9.24. The zero-order valence-corrected chi connectivity index (χ0v) is 34.1. The van der Waals surface area contributed by atoms with Crippen LogP contribution in [0.1, 0.15) is 44.4 Å². The third-order valence-electron chi connectivity index (χ3n) is 10.1. The zero-order valence-electron chi connectivity index (χ0n) is 31.2. The summed E-state index contributed by atoms with van der Waals surface area (Å²) in [6.45, 7) is 7.89. The Hall–Kier alpha value is -1.99. The summed E-state index contributed by atoms with van der Waals surface area (Å²) in [5.74, 6) is -1.85. The van der Waals surface area contributed by atoms with Gasteiger partial charge >= 0.3 is 0 Å². The smallest absolute Gasteiger partial charge is 0.248 e. The number of hydrogen-bond acceptors (Lipinski definition) is 12. The molecule has 3 aromatic rings. The maximum atomic E-state index is 13.8. The van der Waals surface area contributed by atoms with E-state index in [2.05, 4.69) is 34.7 Å². The Labute approximate surface area is 335 Å². The monoisotopic (exact) mass is 876 g/mol. The van der Waals surface area contributed by atoms with Gasteiger partial charge in [-0.3, -0.25) is 4.79 Å². The van der Waals surface area contributed by atoms with Crippen molar-refractivity contribution < 1.29 is 52.2 Å². The molecular formula is C41H49IO11S. The van der Waals surface area contributed by atoms with E-state index < -0.39 is 73.0 Å². The Balaban J connectivity index is 1.16. The van der Waals surface area contributed by atoms with Crippen LogP contribution < -0.4 is 0 Å². The topological polar surface area (TPSA) is 109 Å². The highest BCUT2D eigenvalue weighted by Gasteiger charge is 2.59. The number of rotatable bonds is 13. The number of methoxy groups -OCH3 is 1. The molecule has 0 aromatic heterocycles. The summed E-state index contributed by atoms with van der Waals surface area (Å²) >= 11 is 3.52. The normalized spacial score (nSPS) is 34.6. The summed E-state index contributed by atoms with van der Waals surface area (Å²) < 4.78 is 65.7. The van der Waals surface area contributed by atoms with E-state index in [0.29, 0.717) is 5.75 Å². The number of benzene rings is 3. The van der Waals surface area contributed by atoms with Gasteiger partial charge in [-0.2, -0.15) is 0 Å². The van der Waals surface area contributed by atoms with Gasteiger partial charge in [-0.05, 0) is 79.5 Å². The molecule has 0 radical (unpaired) electrons. The Morgan fingerprint density at radius 2 is 1.41 bits per heavy atom. The summed E-state index contributed by atoms with van der Waals surface area (Å²) in [7, 11) is 1.58. The predicted molar refractivity (Wildman–Crippen MR) is 208 cm³/mol. The highest BCUT2D eigenvalue weighted by Crippen LogP contribution is 2.42. The van der Waals surface area contributed by atoms with E-state index in [1.54, 1.807) is 14.0 Å². The molecule has 54 heavy (non-hydrogen) atoms. The first-order chi connectivity index (χ1) is 26.0. The minimum Gasteiger partial charge on any atom is -0.368 e. The first kappa shape index (κ1) is 40.2. The fraction of sp³-hybridized carbons (Fsp3) is 0.537. The van der Waals surface area contributed by atoms with E-state index in [0.717, 1.165) is 21.1 Å². The molecule has 0 spiro atoms. The number of ether oxygens (including phenoxy) is 10. The van der Waals surface area contributed by atoms with Crippen LogP contribution in [0.15, 0.2) is 84.9 Å². The Kier molecular flexibility index (Phi) is 13.1. The molecule has 0 unspecified atom stereocenters. The Morgan fingerprint density at radius 3 is 2.07 bits per heavy atom. The third-order valence-corrected chi connectivity index (χ3v) is 12.2. The SMILES string of the molecule is CO[C@@H]1O[C@@H](C)[C@H](O[C@@H]2O[C@@H]3CO[C@](C)(C(=O)SCCc4ccccc4I)O[C@H]3[C@H](OCc3ccccc3)[C@@H]2OCc2ccccc2)[C@H]2OC(C)(C)O[C@@H]12. The number of carbonyl (C=O) groups excluding carboxylic acids is 1. The molecule has 7 rings (SSSR count). The number of aryl methyl sites for hydroxylation is 1. The van der Waals surface area contributed by atoms with Crippen LogP contribution in [-0.2, 0) is 71.8 Å². The maximum absolute atomic E-state index is 13.8. The van der Waals surface area contributed by atoms with Gasteiger partial charge in [0, 0.05) is 16.4 Å². The minimum atomic E-state index is -1.54. The predicted octanol–water partition coefficient (Wildman–Crippen LogP) is 6.42. The van der Waals surface area contributed by atoms with E-state index in [4.69, 9.17) is 47.4 Å². The second kappa shape index (κ2) is 17.7. The quantitative estimate of drug-likeness (QED) is 0.177. The molecule has 4 aliphatic heterocycles. The fourth-order valence-corrected chi connectivity index (χ4v) is 8.87. The minimum absolute atomic E-state index is 0.0711. The van der Waals surface area contributed by atoms with Crippen LogP contribution in [0.25, 0.3) is 0 Å². The molecule has 0 amide bonds. The van der Waals surface area contributed by atoms with Crippen LogP contribution in [0.5, 0.6) is 0 Å². The molecular weight excluding hydrogens is 827 g/mol. The molecule has 292 valence electrons. The Bertz CT molecular complexity index is 1680. The zero-order chi connectivity index (χ0) is 37.9. The molecule has 4 aliphatic rings. The summed E-state index contributed by atoms with van der Waals surface area (Å²) in [6.07, 6.45) is -5.92. The van der Waals surface area contributed by atoms with Gasteiger partial charge in [-0.1, -0.05) is 90.6 Å². The van der Waals surface area contributed by atoms with Gasteiger partial charge in [0.25, 0.3) is 0 Å². The van der Waals surface area contributed by atoms with Crippen LogP contribution in [-0.4, -0.2) is 97.6 Å². The van der Waals surface area contributed by atoms with Crippen molar-refractivity contribution in [3.63, 3.8) is 0 Å². The van der Waals surface area contributed by atoms with Gasteiger partial charge in [-0.15, -0.1) is 0 Å². The first-order valence-corrected chi connectivity index (χ1v) is 20.5.